The Morgan fingerprint density at radius 1 is 1.13 bits per heavy atom. The van der Waals surface area contributed by atoms with Crippen molar-refractivity contribution in [3.05, 3.63) is 70.5 Å². The molecule has 3 aromatic rings. The number of carbonyl (C=O) groups excluding carboxylic acids is 1. The van der Waals surface area contributed by atoms with Crippen molar-refractivity contribution in [1.82, 2.24) is 26.1 Å². The molecule has 0 radical (unpaired) electrons. The van der Waals surface area contributed by atoms with Crippen molar-refractivity contribution in [2.24, 2.45) is 0 Å². The lowest BCUT2D eigenvalue weighted by molar-refractivity contribution is -0.125. The highest BCUT2D eigenvalue weighted by Gasteiger charge is 2.45. The predicted octanol–water partition coefficient (Wildman–Crippen LogP) is 2.86. The van der Waals surface area contributed by atoms with E-state index >= 15 is 0 Å². The number of aromatic nitrogens is 2. The normalized spacial score (nSPS) is 25.7. The number of halogens is 1. The Hall–Kier alpha value is -2.20. The maximum atomic E-state index is 12.6. The Balaban J connectivity index is 1.25. The number of fused-ring (bicyclic) bond motifs is 1. The minimum absolute atomic E-state index is 0.0223. The molecule has 154 valence electrons. The van der Waals surface area contributed by atoms with Gasteiger partial charge >= 0.3 is 0 Å². The van der Waals surface area contributed by atoms with Crippen LogP contribution in [0, 0.1) is 0 Å². The van der Waals surface area contributed by atoms with Crippen LogP contribution >= 0.6 is 27.7 Å². The van der Waals surface area contributed by atoms with E-state index < -0.39 is 0 Å². The minimum Gasteiger partial charge on any atom is -0.338 e. The molecule has 30 heavy (non-hydrogen) atoms. The average Bonchev–Trinajstić information content (AvgIpc) is 3.41. The first-order chi connectivity index (χ1) is 14.7. The van der Waals surface area contributed by atoms with Crippen molar-refractivity contribution in [2.45, 2.75) is 29.3 Å². The summed E-state index contributed by atoms with van der Waals surface area (Å²) in [6.07, 6.45) is 0. The number of hydrogen-bond acceptors (Lipinski definition) is 7. The van der Waals surface area contributed by atoms with E-state index in [0.29, 0.717) is 17.5 Å². The van der Waals surface area contributed by atoms with Crippen LogP contribution in [0.25, 0.3) is 11.4 Å². The van der Waals surface area contributed by atoms with Gasteiger partial charge in [-0.15, -0.1) is 11.8 Å². The summed E-state index contributed by atoms with van der Waals surface area (Å²) in [4.78, 5) is 17.1. The number of hydrogen-bond donors (Lipinski definition) is 3. The smallest absolute Gasteiger partial charge is 0.240 e. The third-order valence-corrected chi connectivity index (χ3v) is 7.13. The standard InChI is InChI=1S/C21H20BrN5O2S/c22-15-9-5-4-8-13(15)19-24-16(29-27-19)11-30-21-25-17-14(12-6-2-1-3-7-12)10-23-18(17)20(28)26-21/h1-9,14,17-18,21,23,25H,10-11H2,(H,26,28). The summed E-state index contributed by atoms with van der Waals surface area (Å²) in [5.41, 5.74) is 1.90. The average molecular weight is 486 g/mol. The van der Waals surface area contributed by atoms with Crippen LogP contribution in [0.3, 0.4) is 0 Å². The van der Waals surface area contributed by atoms with Gasteiger partial charge in [-0.1, -0.05) is 63.6 Å². The Morgan fingerprint density at radius 2 is 1.93 bits per heavy atom. The molecule has 3 N–H and O–H groups in total. The molecule has 2 saturated heterocycles. The summed E-state index contributed by atoms with van der Waals surface area (Å²) in [5.74, 6) is 1.83. The lowest BCUT2D eigenvalue weighted by Gasteiger charge is -2.35. The van der Waals surface area contributed by atoms with Crippen LogP contribution in [0.5, 0.6) is 0 Å². The third-order valence-electron chi connectivity index (χ3n) is 5.43. The predicted molar refractivity (Wildman–Crippen MR) is 119 cm³/mol. The molecule has 2 aromatic carbocycles. The molecular weight excluding hydrogens is 466 g/mol. The van der Waals surface area contributed by atoms with E-state index in [1.807, 2.05) is 42.5 Å². The molecular formula is C21H20BrN5O2S. The van der Waals surface area contributed by atoms with E-state index in [0.717, 1.165) is 16.6 Å². The van der Waals surface area contributed by atoms with Crippen molar-refractivity contribution < 1.29 is 9.32 Å². The van der Waals surface area contributed by atoms with Gasteiger partial charge in [0.05, 0.1) is 5.75 Å². The molecule has 0 spiro atoms. The van der Waals surface area contributed by atoms with Gasteiger partial charge in [-0.2, -0.15) is 4.98 Å². The maximum absolute atomic E-state index is 12.6. The molecule has 4 unspecified atom stereocenters. The molecule has 3 heterocycles. The molecule has 2 aliphatic rings. The van der Waals surface area contributed by atoms with Gasteiger partial charge < -0.3 is 15.2 Å². The van der Waals surface area contributed by atoms with Crippen LogP contribution in [0.1, 0.15) is 17.4 Å². The van der Waals surface area contributed by atoms with Crippen molar-refractivity contribution in [1.29, 1.82) is 0 Å². The summed E-state index contributed by atoms with van der Waals surface area (Å²) < 4.78 is 6.33. The molecule has 1 aromatic heterocycles. The first kappa shape index (κ1) is 19.7. The lowest BCUT2D eigenvalue weighted by atomic mass is 9.90. The molecule has 0 bridgehead atoms. The zero-order valence-corrected chi connectivity index (χ0v) is 18.3. The second kappa shape index (κ2) is 8.50. The van der Waals surface area contributed by atoms with Gasteiger partial charge in [0, 0.05) is 28.5 Å². The molecule has 4 atom stereocenters. The molecule has 0 aliphatic carbocycles. The Kier molecular flexibility index (Phi) is 5.60. The highest BCUT2D eigenvalue weighted by atomic mass is 79.9. The second-order valence-electron chi connectivity index (χ2n) is 7.29. The van der Waals surface area contributed by atoms with Crippen LogP contribution in [0.2, 0.25) is 0 Å². The summed E-state index contributed by atoms with van der Waals surface area (Å²) in [6, 6.07) is 17.9. The van der Waals surface area contributed by atoms with Gasteiger partial charge in [-0.3, -0.25) is 10.1 Å². The summed E-state index contributed by atoms with van der Waals surface area (Å²) >= 11 is 5.05. The Morgan fingerprint density at radius 3 is 2.77 bits per heavy atom. The van der Waals surface area contributed by atoms with E-state index in [-0.39, 0.29) is 29.4 Å². The quantitative estimate of drug-likeness (QED) is 0.511. The SMILES string of the molecule is O=C1NC(SCc2nc(-c3ccccc3Br)no2)NC2C1NCC2c1ccccc1. The van der Waals surface area contributed by atoms with Crippen molar-refractivity contribution in [3.8, 4) is 11.4 Å². The topological polar surface area (TPSA) is 92.1 Å². The zero-order valence-electron chi connectivity index (χ0n) is 15.9. The maximum Gasteiger partial charge on any atom is 0.240 e. The Bertz CT molecular complexity index is 1050. The van der Waals surface area contributed by atoms with Crippen LogP contribution < -0.4 is 16.0 Å². The number of nitrogens with one attached hydrogen (secondary N) is 3. The van der Waals surface area contributed by atoms with Crippen LogP contribution in [0.4, 0.5) is 0 Å². The van der Waals surface area contributed by atoms with Gasteiger partial charge in [0.25, 0.3) is 0 Å². The lowest BCUT2D eigenvalue weighted by Crippen LogP contribution is -2.64. The molecule has 5 rings (SSSR count). The monoisotopic (exact) mass is 485 g/mol. The highest BCUT2D eigenvalue weighted by Crippen LogP contribution is 2.31. The van der Waals surface area contributed by atoms with E-state index in [1.165, 1.54) is 17.3 Å². The van der Waals surface area contributed by atoms with Crippen molar-refractivity contribution >= 4 is 33.6 Å². The van der Waals surface area contributed by atoms with E-state index in [2.05, 4.69) is 54.2 Å². The fourth-order valence-corrected chi connectivity index (χ4v) is 5.32. The number of rotatable bonds is 5. The molecule has 2 aliphatic heterocycles. The number of amides is 1. The van der Waals surface area contributed by atoms with E-state index in [9.17, 15) is 4.79 Å². The van der Waals surface area contributed by atoms with Gasteiger partial charge in [0.15, 0.2) is 0 Å². The van der Waals surface area contributed by atoms with Crippen molar-refractivity contribution in [2.75, 3.05) is 6.54 Å². The first-order valence-corrected chi connectivity index (χ1v) is 11.6. The third kappa shape index (κ3) is 3.90. The summed E-state index contributed by atoms with van der Waals surface area (Å²) in [6.45, 7) is 0.774. The minimum atomic E-state index is -0.225. The molecule has 9 heteroatoms. The number of carbonyl (C=O) groups is 1. The fourth-order valence-electron chi connectivity index (χ4n) is 3.98. The van der Waals surface area contributed by atoms with Crippen molar-refractivity contribution in [3.63, 3.8) is 0 Å². The molecule has 7 nitrogen and oxygen atoms in total. The summed E-state index contributed by atoms with van der Waals surface area (Å²) in [5, 5.41) is 14.0. The van der Waals surface area contributed by atoms with E-state index in [4.69, 9.17) is 4.52 Å². The molecule has 1 amide bonds. The Labute approximate surface area is 186 Å². The largest absolute Gasteiger partial charge is 0.338 e. The van der Waals surface area contributed by atoms with Crippen LogP contribution in [0.15, 0.2) is 63.6 Å². The number of thioether (sulfide) groups is 1. The summed E-state index contributed by atoms with van der Waals surface area (Å²) in [7, 11) is 0. The van der Waals surface area contributed by atoms with Gasteiger partial charge in [0.1, 0.15) is 11.5 Å². The van der Waals surface area contributed by atoms with Gasteiger partial charge in [-0.25, -0.2) is 0 Å². The number of benzene rings is 2. The van der Waals surface area contributed by atoms with Gasteiger partial charge in [-0.05, 0) is 17.7 Å². The fraction of sp³-hybridized carbons (Fsp3) is 0.286. The number of nitrogens with zero attached hydrogens (tertiary/aromatic N) is 2. The first-order valence-electron chi connectivity index (χ1n) is 9.73. The zero-order chi connectivity index (χ0) is 20.5. The molecule has 2 fully saturated rings. The van der Waals surface area contributed by atoms with Crippen LogP contribution in [-0.2, 0) is 10.5 Å². The van der Waals surface area contributed by atoms with Gasteiger partial charge in [0.2, 0.25) is 17.6 Å². The molecule has 0 saturated carbocycles. The second-order valence-corrected chi connectivity index (χ2v) is 9.23. The highest BCUT2D eigenvalue weighted by molar-refractivity contribution is 9.10. The van der Waals surface area contributed by atoms with E-state index in [1.54, 1.807) is 0 Å². The van der Waals surface area contributed by atoms with Crippen LogP contribution in [-0.4, -0.2) is 40.2 Å².